The highest BCUT2D eigenvalue weighted by molar-refractivity contribution is 5.53. The van der Waals surface area contributed by atoms with Crippen LogP contribution in [0.4, 0.5) is 0 Å². The summed E-state index contributed by atoms with van der Waals surface area (Å²) in [4.78, 5) is 10.9. The van der Waals surface area contributed by atoms with Crippen LogP contribution in [0, 0.1) is 6.92 Å². The van der Waals surface area contributed by atoms with Crippen molar-refractivity contribution in [2.75, 3.05) is 19.7 Å². The molecule has 0 aliphatic carbocycles. The third kappa shape index (κ3) is 3.94. The third-order valence-electron chi connectivity index (χ3n) is 4.32. The van der Waals surface area contributed by atoms with Crippen LogP contribution in [0.3, 0.4) is 0 Å². The topological polar surface area (TPSA) is 69.2 Å². The largest absolute Gasteiger partial charge is 0.444 e. The number of aromatic nitrogens is 4. The summed E-state index contributed by atoms with van der Waals surface area (Å²) in [6, 6.07) is 8.20. The van der Waals surface area contributed by atoms with Crippen LogP contribution in [0.1, 0.15) is 11.3 Å². The molecule has 0 N–H and O–H groups in total. The Kier molecular flexibility index (Phi) is 4.58. The van der Waals surface area contributed by atoms with Crippen LogP contribution in [0.25, 0.3) is 11.5 Å². The lowest BCUT2D eigenvalue weighted by atomic mass is 10.1. The highest BCUT2D eigenvalue weighted by Gasteiger charge is 2.22. The van der Waals surface area contributed by atoms with E-state index in [9.17, 15) is 0 Å². The summed E-state index contributed by atoms with van der Waals surface area (Å²) in [5.41, 5.74) is 3.17. The molecule has 1 atom stereocenters. The summed E-state index contributed by atoms with van der Waals surface area (Å²) >= 11 is 0. The molecule has 2 aromatic heterocycles. The zero-order valence-electron chi connectivity index (χ0n) is 14.2. The highest BCUT2D eigenvalue weighted by atomic mass is 16.5. The first-order chi connectivity index (χ1) is 12.3. The average Bonchev–Trinajstić information content (AvgIpc) is 3.28. The monoisotopic (exact) mass is 339 g/mol. The van der Waals surface area contributed by atoms with Crippen molar-refractivity contribution in [2.24, 2.45) is 0 Å². The minimum atomic E-state index is 0.110. The van der Waals surface area contributed by atoms with Crippen LogP contribution in [0.2, 0.25) is 0 Å². The lowest BCUT2D eigenvalue weighted by Gasteiger charge is -2.32. The molecule has 4 rings (SSSR count). The van der Waals surface area contributed by atoms with Gasteiger partial charge in [0.25, 0.3) is 0 Å². The standard InChI is InChI=1S/C18H21N5O2/c1-14-2-4-15(5-3-14)18-21-16(11-25-18)8-22-6-7-24-17(9-22)10-23-13-19-12-20-23/h2-5,11-13,17H,6-10H2,1H3. The minimum Gasteiger partial charge on any atom is -0.444 e. The average molecular weight is 339 g/mol. The molecule has 1 aliphatic rings. The SMILES string of the molecule is Cc1ccc(-c2nc(CN3CCOC(Cn4cncn4)C3)co2)cc1. The quantitative estimate of drug-likeness (QED) is 0.709. The number of morpholine rings is 1. The Labute approximate surface area is 146 Å². The summed E-state index contributed by atoms with van der Waals surface area (Å²) in [5.74, 6) is 0.669. The van der Waals surface area contributed by atoms with Crippen LogP contribution in [-0.2, 0) is 17.8 Å². The predicted molar refractivity (Wildman–Crippen MR) is 91.7 cm³/mol. The van der Waals surface area contributed by atoms with E-state index in [2.05, 4.69) is 39.0 Å². The van der Waals surface area contributed by atoms with Gasteiger partial charge in [-0.25, -0.2) is 9.97 Å². The molecule has 0 radical (unpaired) electrons. The Hall–Kier alpha value is -2.51. The number of benzene rings is 1. The second-order valence-electron chi connectivity index (χ2n) is 6.36. The number of nitrogens with zero attached hydrogens (tertiary/aromatic N) is 5. The zero-order chi connectivity index (χ0) is 17.1. The van der Waals surface area contributed by atoms with Crippen LogP contribution in [-0.4, -0.2) is 50.4 Å². The summed E-state index contributed by atoms with van der Waals surface area (Å²) in [6.45, 7) is 5.98. The number of oxazole rings is 1. The van der Waals surface area contributed by atoms with Gasteiger partial charge in [-0.1, -0.05) is 17.7 Å². The molecule has 0 amide bonds. The number of ether oxygens (including phenoxy) is 1. The van der Waals surface area contributed by atoms with E-state index in [1.807, 2.05) is 12.1 Å². The molecule has 3 heterocycles. The first-order valence-corrected chi connectivity index (χ1v) is 8.44. The molecule has 0 bridgehead atoms. The highest BCUT2D eigenvalue weighted by Crippen LogP contribution is 2.20. The molecule has 0 spiro atoms. The third-order valence-corrected chi connectivity index (χ3v) is 4.32. The Balaban J connectivity index is 1.37. The molecular formula is C18H21N5O2. The van der Waals surface area contributed by atoms with Crippen molar-refractivity contribution in [1.82, 2.24) is 24.6 Å². The van der Waals surface area contributed by atoms with Gasteiger partial charge in [0.15, 0.2) is 0 Å². The minimum absolute atomic E-state index is 0.110. The molecule has 1 aromatic carbocycles. The molecule has 1 aliphatic heterocycles. The maximum Gasteiger partial charge on any atom is 0.226 e. The fraction of sp³-hybridized carbons (Fsp3) is 0.389. The van der Waals surface area contributed by atoms with Gasteiger partial charge in [-0.15, -0.1) is 0 Å². The van der Waals surface area contributed by atoms with Gasteiger partial charge in [0.1, 0.15) is 18.9 Å². The molecule has 0 saturated carbocycles. The van der Waals surface area contributed by atoms with Crippen LogP contribution < -0.4 is 0 Å². The fourth-order valence-corrected chi connectivity index (χ4v) is 3.01. The van der Waals surface area contributed by atoms with Crippen LogP contribution >= 0.6 is 0 Å². The number of hydrogen-bond donors (Lipinski definition) is 0. The van der Waals surface area contributed by atoms with Crippen molar-refractivity contribution in [1.29, 1.82) is 0 Å². The van der Waals surface area contributed by atoms with E-state index in [-0.39, 0.29) is 6.10 Å². The molecule has 1 saturated heterocycles. The smallest absolute Gasteiger partial charge is 0.226 e. The van der Waals surface area contributed by atoms with E-state index in [0.717, 1.165) is 30.9 Å². The lowest BCUT2D eigenvalue weighted by Crippen LogP contribution is -2.43. The summed E-state index contributed by atoms with van der Waals surface area (Å²) in [5, 5.41) is 4.14. The fourth-order valence-electron chi connectivity index (χ4n) is 3.01. The van der Waals surface area contributed by atoms with E-state index in [4.69, 9.17) is 9.15 Å². The molecule has 3 aromatic rings. The van der Waals surface area contributed by atoms with Crippen molar-refractivity contribution in [3.05, 3.63) is 54.4 Å². The van der Waals surface area contributed by atoms with Gasteiger partial charge in [-0.3, -0.25) is 9.58 Å². The summed E-state index contributed by atoms with van der Waals surface area (Å²) < 4.78 is 13.3. The normalized spacial score (nSPS) is 18.5. The van der Waals surface area contributed by atoms with Crippen molar-refractivity contribution in [3.8, 4) is 11.5 Å². The molecular weight excluding hydrogens is 318 g/mol. The number of aryl methyl sites for hydroxylation is 1. The maximum absolute atomic E-state index is 5.83. The van der Waals surface area contributed by atoms with Crippen molar-refractivity contribution >= 4 is 0 Å². The molecule has 1 unspecified atom stereocenters. The number of hydrogen-bond acceptors (Lipinski definition) is 6. The summed E-state index contributed by atoms with van der Waals surface area (Å²) in [7, 11) is 0. The number of rotatable bonds is 5. The van der Waals surface area contributed by atoms with E-state index >= 15 is 0 Å². The van der Waals surface area contributed by atoms with Crippen molar-refractivity contribution in [2.45, 2.75) is 26.1 Å². The van der Waals surface area contributed by atoms with E-state index < -0.39 is 0 Å². The Morgan fingerprint density at radius 2 is 2.12 bits per heavy atom. The van der Waals surface area contributed by atoms with Gasteiger partial charge in [-0.2, -0.15) is 5.10 Å². The Morgan fingerprint density at radius 1 is 1.24 bits per heavy atom. The molecule has 7 heteroatoms. The molecule has 1 fully saturated rings. The summed E-state index contributed by atoms with van der Waals surface area (Å²) in [6.07, 6.45) is 5.12. The van der Waals surface area contributed by atoms with E-state index in [0.29, 0.717) is 19.0 Å². The van der Waals surface area contributed by atoms with E-state index in [1.165, 1.54) is 5.56 Å². The van der Waals surface area contributed by atoms with Gasteiger partial charge in [0.2, 0.25) is 5.89 Å². The van der Waals surface area contributed by atoms with Crippen LogP contribution in [0.5, 0.6) is 0 Å². The van der Waals surface area contributed by atoms with Gasteiger partial charge >= 0.3 is 0 Å². The zero-order valence-corrected chi connectivity index (χ0v) is 14.2. The van der Waals surface area contributed by atoms with Gasteiger partial charge in [-0.05, 0) is 19.1 Å². The van der Waals surface area contributed by atoms with Gasteiger partial charge in [0.05, 0.1) is 24.9 Å². The van der Waals surface area contributed by atoms with Crippen LogP contribution in [0.15, 0.2) is 47.6 Å². The Morgan fingerprint density at radius 3 is 2.92 bits per heavy atom. The van der Waals surface area contributed by atoms with Gasteiger partial charge in [0, 0.05) is 25.2 Å². The van der Waals surface area contributed by atoms with Gasteiger partial charge < -0.3 is 9.15 Å². The van der Waals surface area contributed by atoms with Crippen molar-refractivity contribution in [3.63, 3.8) is 0 Å². The van der Waals surface area contributed by atoms with E-state index in [1.54, 1.807) is 23.6 Å². The predicted octanol–water partition coefficient (Wildman–Crippen LogP) is 2.14. The first kappa shape index (κ1) is 16.0. The second-order valence-corrected chi connectivity index (χ2v) is 6.36. The first-order valence-electron chi connectivity index (χ1n) is 8.44. The molecule has 130 valence electrons. The second kappa shape index (κ2) is 7.16. The molecule has 7 nitrogen and oxygen atoms in total. The lowest BCUT2D eigenvalue weighted by molar-refractivity contribution is -0.0406. The Bertz CT molecular complexity index is 797. The van der Waals surface area contributed by atoms with Crippen molar-refractivity contribution < 1.29 is 9.15 Å². The molecule has 25 heavy (non-hydrogen) atoms. The maximum atomic E-state index is 5.83.